The number of aromatic nitrogens is 2. The van der Waals surface area contributed by atoms with Crippen molar-refractivity contribution in [1.29, 1.82) is 5.41 Å². The van der Waals surface area contributed by atoms with E-state index >= 15 is 0 Å². The number of fused-ring (bicyclic) bond motifs is 1. The van der Waals surface area contributed by atoms with E-state index in [1.165, 1.54) is 19.3 Å². The first-order chi connectivity index (χ1) is 14.8. The van der Waals surface area contributed by atoms with Gasteiger partial charge in [-0.1, -0.05) is 26.3 Å². The third kappa shape index (κ3) is 9.22. The van der Waals surface area contributed by atoms with Gasteiger partial charge < -0.3 is 25.2 Å². The number of carbonyl (C=O) groups is 1. The Kier molecular flexibility index (Phi) is 12.9. The van der Waals surface area contributed by atoms with Gasteiger partial charge in [0.25, 0.3) is 0 Å². The lowest BCUT2D eigenvalue weighted by atomic mass is 9.85. The van der Waals surface area contributed by atoms with Crippen molar-refractivity contribution in [3.05, 3.63) is 35.8 Å². The van der Waals surface area contributed by atoms with Crippen molar-refractivity contribution < 1.29 is 9.53 Å². The van der Waals surface area contributed by atoms with Gasteiger partial charge in [-0.05, 0) is 57.9 Å². The zero-order valence-electron chi connectivity index (χ0n) is 19.7. The summed E-state index contributed by atoms with van der Waals surface area (Å²) in [5.74, 6) is 0.591. The van der Waals surface area contributed by atoms with Crippen LogP contribution in [-0.4, -0.2) is 39.2 Å². The zero-order valence-corrected chi connectivity index (χ0v) is 19.7. The molecule has 0 atom stereocenters. The number of imidazole rings is 1. The van der Waals surface area contributed by atoms with Gasteiger partial charge in [-0.15, -0.1) is 12.8 Å². The van der Waals surface area contributed by atoms with Gasteiger partial charge in [-0.3, -0.25) is 0 Å². The number of nitrogens with two attached hydrogens (primary N) is 1. The molecule has 0 aliphatic heterocycles. The van der Waals surface area contributed by atoms with Crippen molar-refractivity contribution in [3.8, 4) is 12.8 Å². The van der Waals surface area contributed by atoms with E-state index in [4.69, 9.17) is 15.9 Å². The molecule has 7 heteroatoms. The molecular formula is C24H39N5O2. The van der Waals surface area contributed by atoms with Crippen LogP contribution in [0.1, 0.15) is 65.1 Å². The molecular weight excluding hydrogens is 390 g/mol. The third-order valence-electron chi connectivity index (χ3n) is 4.50. The van der Waals surface area contributed by atoms with Crippen molar-refractivity contribution in [2.24, 2.45) is 11.7 Å². The fraction of sp³-hybridized carbons (Fsp3) is 0.542. The van der Waals surface area contributed by atoms with Crippen molar-refractivity contribution in [3.63, 3.8) is 0 Å². The molecule has 1 aliphatic rings. The van der Waals surface area contributed by atoms with E-state index in [1.807, 2.05) is 68.4 Å². The maximum absolute atomic E-state index is 12.6. The average molecular weight is 430 g/mol. The fourth-order valence-electron chi connectivity index (χ4n) is 3.02. The van der Waals surface area contributed by atoms with Crippen LogP contribution in [0.15, 0.2) is 24.5 Å². The molecule has 1 amide bonds. The van der Waals surface area contributed by atoms with Crippen LogP contribution in [0.3, 0.4) is 0 Å². The van der Waals surface area contributed by atoms with Crippen LogP contribution >= 0.6 is 0 Å². The Morgan fingerprint density at radius 2 is 1.90 bits per heavy atom. The van der Waals surface area contributed by atoms with Crippen LogP contribution in [-0.2, 0) is 17.8 Å². The minimum Gasteiger partial charge on any atom is -0.444 e. The summed E-state index contributed by atoms with van der Waals surface area (Å²) in [4.78, 5) is 18.9. The van der Waals surface area contributed by atoms with Crippen LogP contribution in [0, 0.1) is 24.2 Å². The number of ether oxygens (including phenoxy) is 1. The number of rotatable bonds is 5. The lowest BCUT2D eigenvalue weighted by Gasteiger charge is -2.33. The zero-order chi connectivity index (χ0) is 24.0. The molecule has 1 saturated carbocycles. The molecule has 3 rings (SSSR count). The SMILES string of the molecule is C#C.C=N.CC.CC(C)(C)OC(=O)N(Cc1ccc2nc(CN)cn2c1)CC1CCC1. The molecule has 0 saturated heterocycles. The minimum atomic E-state index is -0.487. The summed E-state index contributed by atoms with van der Waals surface area (Å²) in [5, 5.41) is 5.50. The van der Waals surface area contributed by atoms with E-state index in [0.29, 0.717) is 19.0 Å². The van der Waals surface area contributed by atoms with E-state index in [0.717, 1.165) is 23.4 Å². The quantitative estimate of drug-likeness (QED) is 0.523. The van der Waals surface area contributed by atoms with Gasteiger partial charge in [0, 0.05) is 25.5 Å². The molecule has 172 valence electrons. The standard InChI is InChI=1S/C19H28N4O2.C2H6.C2H2.CH3N/c1-19(2,3)25-18(24)23(10-14-5-4-6-14)12-15-7-8-17-21-16(9-20)13-22(17)11-15;3*1-2/h7-8,11,13-14H,4-6,9-10,12,20H2,1-3H3;1-2H3;1-2H;2H,1H2. The van der Waals surface area contributed by atoms with E-state index in [-0.39, 0.29) is 6.09 Å². The molecule has 2 aromatic rings. The number of carbonyl (C=O) groups excluding carboxylic acids is 1. The fourth-order valence-corrected chi connectivity index (χ4v) is 3.02. The van der Waals surface area contributed by atoms with Crippen molar-refractivity contribution in [1.82, 2.24) is 14.3 Å². The van der Waals surface area contributed by atoms with Gasteiger partial charge in [-0.25, -0.2) is 9.78 Å². The Hall–Kier alpha value is -2.85. The number of terminal acetylenes is 1. The van der Waals surface area contributed by atoms with Crippen molar-refractivity contribution >= 4 is 18.5 Å². The average Bonchev–Trinajstić information content (AvgIpc) is 3.15. The van der Waals surface area contributed by atoms with Gasteiger partial charge in [0.2, 0.25) is 0 Å². The van der Waals surface area contributed by atoms with Crippen LogP contribution < -0.4 is 5.73 Å². The van der Waals surface area contributed by atoms with Crippen LogP contribution in [0.5, 0.6) is 0 Å². The Morgan fingerprint density at radius 1 is 1.29 bits per heavy atom. The maximum atomic E-state index is 12.6. The van der Waals surface area contributed by atoms with Gasteiger partial charge in [0.15, 0.2) is 0 Å². The summed E-state index contributed by atoms with van der Waals surface area (Å²) in [6.45, 7) is 13.9. The molecule has 31 heavy (non-hydrogen) atoms. The van der Waals surface area contributed by atoms with Gasteiger partial charge in [0.1, 0.15) is 11.2 Å². The summed E-state index contributed by atoms with van der Waals surface area (Å²) >= 11 is 0. The maximum Gasteiger partial charge on any atom is 0.410 e. The number of hydrogen-bond acceptors (Lipinski definition) is 5. The molecule has 0 spiro atoms. The summed E-state index contributed by atoms with van der Waals surface area (Å²) < 4.78 is 7.57. The van der Waals surface area contributed by atoms with E-state index in [1.54, 1.807) is 0 Å². The number of amides is 1. The molecule has 2 heterocycles. The summed E-state index contributed by atoms with van der Waals surface area (Å²) in [6, 6.07) is 3.98. The Bertz CT molecular complexity index is 803. The molecule has 0 bridgehead atoms. The number of hydrogen-bond donors (Lipinski definition) is 2. The van der Waals surface area contributed by atoms with Gasteiger partial charge >= 0.3 is 6.09 Å². The van der Waals surface area contributed by atoms with Crippen molar-refractivity contribution in [2.45, 2.75) is 72.6 Å². The Morgan fingerprint density at radius 3 is 2.39 bits per heavy atom. The summed E-state index contributed by atoms with van der Waals surface area (Å²) in [5.41, 5.74) is 7.95. The molecule has 0 radical (unpaired) electrons. The van der Waals surface area contributed by atoms with Crippen LogP contribution in [0.4, 0.5) is 4.79 Å². The number of nitrogens with one attached hydrogen (secondary N) is 1. The molecule has 3 N–H and O–H groups in total. The number of pyridine rings is 1. The molecule has 7 nitrogen and oxygen atoms in total. The predicted octanol–water partition coefficient (Wildman–Crippen LogP) is 4.87. The highest BCUT2D eigenvalue weighted by atomic mass is 16.6. The first-order valence-corrected chi connectivity index (χ1v) is 10.7. The van der Waals surface area contributed by atoms with Gasteiger partial charge in [0.05, 0.1) is 12.2 Å². The highest BCUT2D eigenvalue weighted by Gasteiger charge is 2.27. The molecule has 1 aliphatic carbocycles. The second kappa shape index (κ2) is 14.2. The largest absolute Gasteiger partial charge is 0.444 e. The number of nitrogens with zero attached hydrogens (tertiary/aromatic N) is 3. The lowest BCUT2D eigenvalue weighted by Crippen LogP contribution is -2.40. The van der Waals surface area contributed by atoms with E-state index in [2.05, 4.69) is 24.5 Å². The van der Waals surface area contributed by atoms with Crippen molar-refractivity contribution in [2.75, 3.05) is 6.54 Å². The normalized spacial score (nSPS) is 12.6. The topological polar surface area (TPSA) is 96.7 Å². The molecule has 2 aromatic heterocycles. The summed E-state index contributed by atoms with van der Waals surface area (Å²) in [6.07, 6.45) is 15.4. The lowest BCUT2D eigenvalue weighted by molar-refractivity contribution is 0.0173. The first kappa shape index (κ1) is 28.1. The minimum absolute atomic E-state index is 0.243. The smallest absolute Gasteiger partial charge is 0.410 e. The highest BCUT2D eigenvalue weighted by Crippen LogP contribution is 2.28. The predicted molar refractivity (Wildman–Crippen MR) is 128 cm³/mol. The Balaban J connectivity index is 0.00000138. The summed E-state index contributed by atoms with van der Waals surface area (Å²) in [7, 11) is 0. The monoisotopic (exact) mass is 429 g/mol. The van der Waals surface area contributed by atoms with E-state index < -0.39 is 5.60 Å². The molecule has 0 aromatic carbocycles. The molecule has 0 unspecified atom stereocenters. The Labute approximate surface area is 187 Å². The van der Waals surface area contributed by atoms with Crippen LogP contribution in [0.2, 0.25) is 0 Å². The second-order valence-corrected chi connectivity index (χ2v) is 7.90. The first-order valence-electron chi connectivity index (χ1n) is 10.7. The molecule has 1 fully saturated rings. The van der Waals surface area contributed by atoms with Crippen LogP contribution in [0.25, 0.3) is 5.65 Å². The second-order valence-electron chi connectivity index (χ2n) is 7.90. The highest BCUT2D eigenvalue weighted by molar-refractivity contribution is 5.68. The third-order valence-corrected chi connectivity index (χ3v) is 4.50. The van der Waals surface area contributed by atoms with Gasteiger partial charge in [-0.2, -0.15) is 0 Å². The van der Waals surface area contributed by atoms with E-state index in [9.17, 15) is 4.79 Å².